The molecule has 0 heterocycles. The van der Waals surface area contributed by atoms with Gasteiger partial charge in [0.1, 0.15) is 0 Å². The van der Waals surface area contributed by atoms with Crippen molar-refractivity contribution in [2.24, 2.45) is 0 Å². The Morgan fingerprint density at radius 3 is 1.46 bits per heavy atom. The first kappa shape index (κ1) is 40.7. The molecule has 11 aromatic carbocycles. The van der Waals surface area contributed by atoms with E-state index in [1.54, 1.807) is 0 Å². The van der Waals surface area contributed by atoms with Crippen molar-refractivity contribution in [2.75, 3.05) is 4.90 Å². The van der Waals surface area contributed by atoms with Crippen molar-refractivity contribution in [1.29, 1.82) is 0 Å². The van der Waals surface area contributed by atoms with Gasteiger partial charge in [-0.3, -0.25) is 0 Å². The summed E-state index contributed by atoms with van der Waals surface area (Å²) < 4.78 is 0. The third-order valence-corrected chi connectivity index (χ3v) is 15.1. The highest BCUT2D eigenvalue weighted by molar-refractivity contribution is 6.09. The molecule has 0 fully saturated rings. The van der Waals surface area contributed by atoms with Crippen LogP contribution in [0.5, 0.6) is 0 Å². The van der Waals surface area contributed by atoms with Crippen molar-refractivity contribution in [1.82, 2.24) is 0 Å². The summed E-state index contributed by atoms with van der Waals surface area (Å²) in [7, 11) is 0. The highest BCUT2D eigenvalue weighted by Gasteiger charge is 2.46. The Morgan fingerprint density at radius 1 is 0.304 bits per heavy atom. The van der Waals surface area contributed by atoms with Crippen LogP contribution in [0, 0.1) is 0 Å². The second-order valence-corrected chi connectivity index (χ2v) is 19.1. The Morgan fingerprint density at radius 2 is 0.783 bits per heavy atom. The molecule has 0 aromatic heterocycles. The molecule has 2 aliphatic carbocycles. The Kier molecular flexibility index (Phi) is 9.49. The summed E-state index contributed by atoms with van der Waals surface area (Å²) in [5.74, 6) is 0. The molecule has 1 heteroatoms. The zero-order valence-electron chi connectivity index (χ0n) is 38.8. The summed E-state index contributed by atoms with van der Waals surface area (Å²) in [6.07, 6.45) is 0. The number of benzene rings is 11. The quantitative estimate of drug-likeness (QED) is 0.147. The van der Waals surface area contributed by atoms with E-state index in [-0.39, 0.29) is 5.41 Å². The lowest BCUT2D eigenvalue weighted by Gasteiger charge is -2.35. The Bertz CT molecular complexity index is 3700. The number of anilines is 3. The van der Waals surface area contributed by atoms with E-state index in [9.17, 15) is 0 Å². The maximum Gasteiger partial charge on any atom is 0.0714 e. The Hall–Kier alpha value is -8.52. The summed E-state index contributed by atoms with van der Waals surface area (Å²) in [6, 6.07) is 96.9. The van der Waals surface area contributed by atoms with Crippen molar-refractivity contribution in [2.45, 2.75) is 24.7 Å². The molecular weight excluding hydrogens is 831 g/mol. The van der Waals surface area contributed by atoms with Crippen molar-refractivity contribution in [3.05, 3.63) is 294 Å². The van der Waals surface area contributed by atoms with Gasteiger partial charge in [-0.25, -0.2) is 0 Å². The monoisotopic (exact) mass is 879 g/mol. The molecule has 0 saturated carbocycles. The molecule has 69 heavy (non-hydrogen) atoms. The van der Waals surface area contributed by atoms with E-state index < -0.39 is 5.41 Å². The standard InChI is InChI=1S/C68H49N/c1-67(2)60-38-19-17-33-55(60)59-37-21-36-58(66(59)67)53-43-44-63(57-34-16-15-31-52(53)57)69(64-40-22-35-51(46-23-7-3-8-24-46)65(64)47-25-9-4-10-26-47)50-41-42-56-54-32-18-20-39-61(54)68(62(56)45-50,48-27-11-5-12-28-48)49-29-13-6-14-30-49/h3-45H,1-2H3. The Balaban J connectivity index is 1.12. The van der Waals surface area contributed by atoms with Crippen LogP contribution in [0.25, 0.3) is 66.4 Å². The first-order valence-corrected chi connectivity index (χ1v) is 24.2. The molecule has 0 spiro atoms. The minimum absolute atomic E-state index is 0.164. The molecule has 326 valence electrons. The summed E-state index contributed by atoms with van der Waals surface area (Å²) in [5, 5.41) is 2.41. The van der Waals surface area contributed by atoms with Crippen molar-refractivity contribution >= 4 is 27.8 Å². The third-order valence-electron chi connectivity index (χ3n) is 15.1. The molecule has 0 unspecified atom stereocenters. The molecule has 11 aromatic rings. The first-order valence-electron chi connectivity index (χ1n) is 24.2. The van der Waals surface area contributed by atoms with Crippen LogP contribution in [0.2, 0.25) is 0 Å². The lowest BCUT2D eigenvalue weighted by atomic mass is 9.67. The molecular formula is C68H49N. The predicted molar refractivity (Wildman–Crippen MR) is 290 cm³/mol. The highest BCUT2D eigenvalue weighted by Crippen LogP contribution is 2.59. The highest BCUT2D eigenvalue weighted by atomic mass is 15.1. The smallest absolute Gasteiger partial charge is 0.0714 e. The predicted octanol–water partition coefficient (Wildman–Crippen LogP) is 18.0. The second kappa shape index (κ2) is 16.1. The van der Waals surface area contributed by atoms with Crippen LogP contribution in [-0.2, 0) is 10.8 Å². The van der Waals surface area contributed by atoms with Crippen LogP contribution < -0.4 is 4.90 Å². The van der Waals surface area contributed by atoms with Gasteiger partial charge < -0.3 is 4.90 Å². The second-order valence-electron chi connectivity index (χ2n) is 19.1. The average molecular weight is 880 g/mol. The van der Waals surface area contributed by atoms with Crippen LogP contribution in [-0.4, -0.2) is 0 Å². The summed E-state index contributed by atoms with van der Waals surface area (Å²) in [5.41, 5.74) is 22.8. The zero-order valence-corrected chi connectivity index (χ0v) is 38.8. The number of fused-ring (bicyclic) bond motifs is 7. The molecule has 1 nitrogen and oxygen atoms in total. The van der Waals surface area contributed by atoms with Crippen LogP contribution in [0.4, 0.5) is 17.1 Å². The molecule has 0 saturated heterocycles. The molecule has 0 atom stereocenters. The van der Waals surface area contributed by atoms with Gasteiger partial charge in [-0.05, 0) is 113 Å². The zero-order chi connectivity index (χ0) is 46.1. The molecule has 2 aliphatic rings. The van der Waals surface area contributed by atoms with E-state index in [2.05, 4.69) is 280 Å². The van der Waals surface area contributed by atoms with E-state index in [0.29, 0.717) is 0 Å². The lowest BCUT2D eigenvalue weighted by Crippen LogP contribution is -2.28. The molecule has 0 radical (unpaired) electrons. The van der Waals surface area contributed by atoms with Crippen LogP contribution in [0.15, 0.2) is 261 Å². The normalized spacial score (nSPS) is 13.6. The average Bonchev–Trinajstić information content (AvgIpc) is 3.85. The van der Waals surface area contributed by atoms with Gasteiger partial charge in [0.2, 0.25) is 0 Å². The maximum atomic E-state index is 2.56. The molecule has 13 rings (SSSR count). The number of nitrogens with zero attached hydrogens (tertiary/aromatic N) is 1. The molecule has 0 bridgehead atoms. The van der Waals surface area contributed by atoms with Gasteiger partial charge in [-0.15, -0.1) is 0 Å². The van der Waals surface area contributed by atoms with Crippen LogP contribution >= 0.6 is 0 Å². The fourth-order valence-electron chi connectivity index (χ4n) is 12.3. The van der Waals surface area contributed by atoms with Crippen molar-refractivity contribution in [3.8, 4) is 55.6 Å². The maximum absolute atomic E-state index is 2.56. The minimum Gasteiger partial charge on any atom is -0.309 e. The third kappa shape index (κ3) is 6.17. The van der Waals surface area contributed by atoms with E-state index in [1.807, 2.05) is 0 Å². The van der Waals surface area contributed by atoms with E-state index in [0.717, 1.165) is 22.6 Å². The van der Waals surface area contributed by atoms with Gasteiger partial charge in [0.15, 0.2) is 0 Å². The summed E-state index contributed by atoms with van der Waals surface area (Å²) >= 11 is 0. The van der Waals surface area contributed by atoms with Crippen LogP contribution in [0.1, 0.15) is 47.2 Å². The van der Waals surface area contributed by atoms with Gasteiger partial charge in [-0.2, -0.15) is 0 Å². The molecule has 0 aliphatic heterocycles. The number of hydrogen-bond acceptors (Lipinski definition) is 1. The molecule has 0 N–H and O–H groups in total. The van der Waals surface area contributed by atoms with Crippen LogP contribution in [0.3, 0.4) is 0 Å². The SMILES string of the molecule is CC1(C)c2ccccc2-c2cccc(-c3ccc(N(c4ccc5c(c4)C(c4ccccc4)(c4ccccc4)c4ccccc4-5)c4cccc(-c5ccccc5)c4-c4ccccc4)c4ccccc34)c21. The van der Waals surface area contributed by atoms with Gasteiger partial charge in [0.25, 0.3) is 0 Å². The van der Waals surface area contributed by atoms with Gasteiger partial charge in [-0.1, -0.05) is 250 Å². The number of rotatable bonds is 8. The van der Waals surface area contributed by atoms with E-state index in [4.69, 9.17) is 0 Å². The van der Waals surface area contributed by atoms with Crippen molar-refractivity contribution < 1.29 is 0 Å². The van der Waals surface area contributed by atoms with E-state index >= 15 is 0 Å². The van der Waals surface area contributed by atoms with Gasteiger partial charge >= 0.3 is 0 Å². The van der Waals surface area contributed by atoms with Gasteiger partial charge in [0.05, 0.1) is 16.8 Å². The largest absolute Gasteiger partial charge is 0.309 e. The minimum atomic E-state index is -0.561. The van der Waals surface area contributed by atoms with Gasteiger partial charge in [0, 0.05) is 22.1 Å². The summed E-state index contributed by atoms with van der Waals surface area (Å²) in [6.45, 7) is 4.78. The van der Waals surface area contributed by atoms with E-state index in [1.165, 1.54) is 94.2 Å². The topological polar surface area (TPSA) is 3.24 Å². The fraction of sp³-hybridized carbons (Fsp3) is 0.0588. The summed E-state index contributed by atoms with van der Waals surface area (Å²) in [4.78, 5) is 2.56. The Labute approximate surface area is 405 Å². The first-order chi connectivity index (χ1) is 34.0. The molecule has 0 amide bonds. The number of hydrogen-bond donors (Lipinski definition) is 0. The van der Waals surface area contributed by atoms with Crippen molar-refractivity contribution in [3.63, 3.8) is 0 Å². The fourth-order valence-corrected chi connectivity index (χ4v) is 12.3. The lowest BCUT2D eigenvalue weighted by molar-refractivity contribution is 0.662.